The summed E-state index contributed by atoms with van der Waals surface area (Å²) in [5.74, 6) is 1.06. The van der Waals surface area contributed by atoms with Gasteiger partial charge in [-0.3, -0.25) is 4.79 Å². The molecule has 0 saturated heterocycles. The van der Waals surface area contributed by atoms with Crippen LogP contribution in [0.5, 0.6) is 0 Å². The number of aliphatic hydroxyl groups is 2. The molecule has 32 heavy (non-hydrogen) atoms. The number of aliphatic hydroxyl groups excluding tert-OH is 2. The van der Waals surface area contributed by atoms with Gasteiger partial charge in [-0.25, -0.2) is 4.98 Å². The van der Waals surface area contributed by atoms with Crippen molar-refractivity contribution in [1.82, 2.24) is 34.5 Å². The highest BCUT2D eigenvalue weighted by atomic mass is 16.3. The number of carbonyl (C=O) groups excluding carboxylic acids is 1. The van der Waals surface area contributed by atoms with Gasteiger partial charge >= 0.3 is 0 Å². The van der Waals surface area contributed by atoms with Crippen LogP contribution < -0.4 is 5.32 Å². The molecule has 3 aliphatic carbocycles. The van der Waals surface area contributed by atoms with Crippen molar-refractivity contribution in [2.75, 3.05) is 12.4 Å². The van der Waals surface area contributed by atoms with Crippen molar-refractivity contribution >= 4 is 22.8 Å². The van der Waals surface area contributed by atoms with Gasteiger partial charge in [0.2, 0.25) is 0 Å². The number of rotatable bonds is 5. The first-order chi connectivity index (χ1) is 15.5. The smallest absolute Gasteiger partial charge is 0.256 e. The number of anilines is 1. The summed E-state index contributed by atoms with van der Waals surface area (Å²) in [6, 6.07) is -0.490. The predicted molar refractivity (Wildman–Crippen MR) is 113 cm³/mol. The van der Waals surface area contributed by atoms with Crippen LogP contribution in [0.2, 0.25) is 0 Å². The molecule has 168 valence electrons. The Morgan fingerprint density at radius 2 is 2.03 bits per heavy atom. The molecular formula is C21H26N8O3. The zero-order valence-electron chi connectivity index (χ0n) is 18.0. The Labute approximate surface area is 183 Å². The molecule has 0 amide bonds. The molecule has 3 fully saturated rings. The van der Waals surface area contributed by atoms with E-state index in [9.17, 15) is 15.0 Å². The van der Waals surface area contributed by atoms with Crippen LogP contribution in [0.1, 0.15) is 56.7 Å². The molecule has 0 bridgehead atoms. The van der Waals surface area contributed by atoms with E-state index in [0.29, 0.717) is 35.3 Å². The average molecular weight is 438 g/mol. The van der Waals surface area contributed by atoms with Gasteiger partial charge in [0, 0.05) is 13.0 Å². The standard InChI is InChI=1S/C21H26N8O3/c1-10(30)21-7-12(21)15(16(31)17(21)32)28-9-23-14-18(22-2)24-20(25-19(14)28)29-8-13(26-27-29)11-5-3-4-6-11/h8-9,11-12,15-17,31-32H,3-7H2,1-2H3,(H,22,24,25)/t12?,15-,16+,17?,21+/m1/s1. The summed E-state index contributed by atoms with van der Waals surface area (Å²) in [6.45, 7) is 1.48. The van der Waals surface area contributed by atoms with Gasteiger partial charge in [0.05, 0.1) is 35.8 Å². The number of nitrogens with zero attached hydrogens (tertiary/aromatic N) is 7. The summed E-state index contributed by atoms with van der Waals surface area (Å²) in [4.78, 5) is 26.0. The molecule has 2 unspecified atom stereocenters. The van der Waals surface area contributed by atoms with E-state index in [1.54, 1.807) is 22.6 Å². The summed E-state index contributed by atoms with van der Waals surface area (Å²) < 4.78 is 3.34. The molecule has 0 radical (unpaired) electrons. The fourth-order valence-electron chi connectivity index (χ4n) is 5.95. The number of hydrogen-bond acceptors (Lipinski definition) is 9. The largest absolute Gasteiger partial charge is 0.389 e. The van der Waals surface area contributed by atoms with Gasteiger partial charge in [0.1, 0.15) is 11.9 Å². The van der Waals surface area contributed by atoms with Crippen LogP contribution in [-0.2, 0) is 4.79 Å². The lowest BCUT2D eigenvalue weighted by Crippen LogP contribution is -2.36. The van der Waals surface area contributed by atoms with E-state index in [4.69, 9.17) is 4.98 Å². The van der Waals surface area contributed by atoms with Gasteiger partial charge in [0.15, 0.2) is 17.0 Å². The molecule has 3 N–H and O–H groups in total. The zero-order valence-corrected chi connectivity index (χ0v) is 18.0. The second-order valence-electron chi connectivity index (χ2n) is 9.35. The van der Waals surface area contributed by atoms with E-state index in [-0.39, 0.29) is 11.7 Å². The van der Waals surface area contributed by atoms with E-state index in [0.717, 1.165) is 18.5 Å². The topological polar surface area (TPSA) is 144 Å². The molecule has 3 heterocycles. The van der Waals surface area contributed by atoms with Crippen LogP contribution in [0.4, 0.5) is 5.82 Å². The Morgan fingerprint density at radius 3 is 2.72 bits per heavy atom. The average Bonchev–Trinajstić information content (AvgIpc) is 3.26. The van der Waals surface area contributed by atoms with Crippen LogP contribution in [0.15, 0.2) is 12.5 Å². The first kappa shape index (κ1) is 19.7. The third-order valence-corrected chi connectivity index (χ3v) is 7.79. The second-order valence-corrected chi connectivity index (χ2v) is 9.35. The molecule has 0 aliphatic heterocycles. The normalized spacial score (nSPS) is 31.9. The minimum Gasteiger partial charge on any atom is -0.389 e. The second kappa shape index (κ2) is 6.79. The highest BCUT2D eigenvalue weighted by Gasteiger charge is 2.74. The Kier molecular flexibility index (Phi) is 4.19. The molecule has 0 spiro atoms. The molecule has 6 rings (SSSR count). The van der Waals surface area contributed by atoms with E-state index in [2.05, 4.69) is 25.6 Å². The Bertz CT molecular complexity index is 1220. The molecule has 3 aromatic heterocycles. The van der Waals surface area contributed by atoms with Crippen molar-refractivity contribution < 1.29 is 15.0 Å². The van der Waals surface area contributed by atoms with Crippen molar-refractivity contribution in [3.05, 3.63) is 18.2 Å². The lowest BCUT2D eigenvalue weighted by atomic mass is 9.95. The number of aromatic nitrogens is 7. The Balaban J connectivity index is 1.43. The Morgan fingerprint density at radius 1 is 1.25 bits per heavy atom. The first-order valence-electron chi connectivity index (χ1n) is 11.2. The van der Waals surface area contributed by atoms with Gasteiger partial charge in [-0.1, -0.05) is 18.1 Å². The van der Waals surface area contributed by atoms with E-state index in [1.807, 2.05) is 6.20 Å². The van der Waals surface area contributed by atoms with Crippen molar-refractivity contribution in [1.29, 1.82) is 0 Å². The molecule has 3 aliphatic rings. The summed E-state index contributed by atoms with van der Waals surface area (Å²) in [5.41, 5.74) is 1.14. The number of Topliss-reactive ketones (excluding diaryl/α,β-unsaturated/α-hetero) is 1. The highest BCUT2D eigenvalue weighted by Crippen LogP contribution is 2.68. The Hall–Kier alpha value is -2.92. The third-order valence-electron chi connectivity index (χ3n) is 7.79. The van der Waals surface area contributed by atoms with Crippen molar-refractivity contribution in [3.63, 3.8) is 0 Å². The number of nitrogens with one attached hydrogen (secondary N) is 1. The van der Waals surface area contributed by atoms with E-state index >= 15 is 0 Å². The van der Waals surface area contributed by atoms with E-state index in [1.165, 1.54) is 19.8 Å². The van der Waals surface area contributed by atoms with Crippen molar-refractivity contribution in [3.8, 4) is 5.95 Å². The maximum Gasteiger partial charge on any atom is 0.256 e. The van der Waals surface area contributed by atoms with Gasteiger partial charge in [-0.15, -0.1) is 5.10 Å². The van der Waals surface area contributed by atoms with Crippen LogP contribution in [0.3, 0.4) is 0 Å². The molecule has 11 nitrogen and oxygen atoms in total. The van der Waals surface area contributed by atoms with Crippen molar-refractivity contribution in [2.45, 2.75) is 63.2 Å². The number of carbonyl (C=O) groups is 1. The fraction of sp³-hybridized carbons (Fsp3) is 0.619. The van der Waals surface area contributed by atoms with Crippen molar-refractivity contribution in [2.24, 2.45) is 11.3 Å². The van der Waals surface area contributed by atoms with Gasteiger partial charge in [0.25, 0.3) is 5.95 Å². The van der Waals surface area contributed by atoms with Crippen LogP contribution >= 0.6 is 0 Å². The van der Waals surface area contributed by atoms with Crippen LogP contribution in [-0.4, -0.2) is 69.8 Å². The highest BCUT2D eigenvalue weighted by molar-refractivity contribution is 5.88. The summed E-state index contributed by atoms with van der Waals surface area (Å²) >= 11 is 0. The molecule has 3 aromatic rings. The number of imidazole rings is 1. The molecule has 11 heteroatoms. The quantitative estimate of drug-likeness (QED) is 0.531. The first-order valence-corrected chi connectivity index (χ1v) is 11.2. The van der Waals surface area contributed by atoms with Gasteiger partial charge in [-0.05, 0) is 32.1 Å². The maximum atomic E-state index is 12.2. The van der Waals surface area contributed by atoms with Crippen LogP contribution in [0, 0.1) is 11.3 Å². The summed E-state index contributed by atoms with van der Waals surface area (Å²) in [6.07, 6.45) is 6.52. The fourth-order valence-corrected chi connectivity index (χ4v) is 5.95. The molecular weight excluding hydrogens is 412 g/mol. The minimum absolute atomic E-state index is 0.0887. The van der Waals surface area contributed by atoms with Gasteiger partial charge in [-0.2, -0.15) is 14.6 Å². The molecule has 5 atom stereocenters. The zero-order chi connectivity index (χ0) is 22.2. The summed E-state index contributed by atoms with van der Waals surface area (Å²) in [7, 11) is 1.76. The van der Waals surface area contributed by atoms with Gasteiger partial charge < -0.3 is 20.1 Å². The lowest BCUT2D eigenvalue weighted by molar-refractivity contribution is -0.128. The predicted octanol–water partition coefficient (Wildman–Crippen LogP) is 0.978. The maximum absolute atomic E-state index is 12.2. The SMILES string of the molecule is CNc1nc(-n2cc(C3CCCC3)nn2)nc2c1ncn2[C@@H]1C2C[C@@]2(C(C)=O)C(O)[C@H]1O. The molecule has 3 saturated carbocycles. The molecule has 0 aromatic carbocycles. The lowest BCUT2D eigenvalue weighted by Gasteiger charge is -2.23. The summed E-state index contributed by atoms with van der Waals surface area (Å²) in [5, 5.41) is 33.1. The monoisotopic (exact) mass is 438 g/mol. The number of ketones is 1. The van der Waals surface area contributed by atoms with Crippen LogP contribution in [0.25, 0.3) is 17.1 Å². The number of fused-ring (bicyclic) bond motifs is 2. The number of hydrogen-bond donors (Lipinski definition) is 3. The van der Waals surface area contributed by atoms with E-state index < -0.39 is 23.7 Å². The third kappa shape index (κ3) is 2.54. The minimum atomic E-state index is -1.10.